The summed E-state index contributed by atoms with van der Waals surface area (Å²) in [5, 5.41) is 0. The van der Waals surface area contributed by atoms with Gasteiger partial charge in [0.1, 0.15) is 5.75 Å². The van der Waals surface area contributed by atoms with E-state index in [1.54, 1.807) is 29.2 Å². The summed E-state index contributed by atoms with van der Waals surface area (Å²) in [5.74, 6) is -0.0256. The highest BCUT2D eigenvalue weighted by atomic mass is 16.5. The molecule has 2 N–H and O–H groups in total. The highest BCUT2D eigenvalue weighted by Crippen LogP contribution is 2.26. The van der Waals surface area contributed by atoms with Crippen molar-refractivity contribution in [2.24, 2.45) is 5.73 Å². The zero-order chi connectivity index (χ0) is 16.2. The third-order valence-electron chi connectivity index (χ3n) is 3.91. The normalized spacial score (nSPS) is 13.3. The number of benzene rings is 2. The Bertz CT molecular complexity index is 725. The molecular formula is C18H18N2O3. The Balaban J connectivity index is 1.65. The number of nitrogens with zero attached hydrogens (tertiary/aromatic N) is 1. The topological polar surface area (TPSA) is 72.6 Å². The minimum Gasteiger partial charge on any atom is -0.484 e. The predicted octanol–water partition coefficient (Wildman–Crippen LogP) is 2.14. The van der Waals surface area contributed by atoms with Crippen LogP contribution in [0.3, 0.4) is 0 Å². The molecule has 5 nitrogen and oxygen atoms in total. The molecule has 0 fully saturated rings. The molecule has 1 aliphatic rings. The maximum Gasteiger partial charge on any atom is 0.264 e. The van der Waals surface area contributed by atoms with Gasteiger partial charge in [-0.1, -0.05) is 18.2 Å². The quantitative estimate of drug-likeness (QED) is 0.940. The number of anilines is 1. The number of nitrogens with two attached hydrogens (primary N) is 1. The summed E-state index contributed by atoms with van der Waals surface area (Å²) in [6.07, 6.45) is 1.95. The molecule has 118 valence electrons. The van der Waals surface area contributed by atoms with Crippen LogP contribution in [0, 0.1) is 0 Å². The van der Waals surface area contributed by atoms with Crippen LogP contribution in [0.15, 0.2) is 48.5 Å². The van der Waals surface area contributed by atoms with Crippen molar-refractivity contribution in [1.29, 1.82) is 0 Å². The highest BCUT2D eigenvalue weighted by Gasteiger charge is 2.22. The minimum absolute atomic E-state index is 0.0374. The molecule has 2 aromatic rings. The van der Waals surface area contributed by atoms with E-state index in [2.05, 4.69) is 6.07 Å². The molecule has 5 heteroatoms. The molecule has 0 spiro atoms. The van der Waals surface area contributed by atoms with Crippen LogP contribution in [0.2, 0.25) is 0 Å². The third kappa shape index (κ3) is 3.34. The van der Waals surface area contributed by atoms with Gasteiger partial charge in [0.05, 0.1) is 0 Å². The second-order valence-electron chi connectivity index (χ2n) is 5.45. The van der Waals surface area contributed by atoms with E-state index >= 15 is 0 Å². The second kappa shape index (κ2) is 6.52. The zero-order valence-corrected chi connectivity index (χ0v) is 12.7. The van der Waals surface area contributed by atoms with E-state index in [-0.39, 0.29) is 12.5 Å². The molecule has 2 amide bonds. The maximum absolute atomic E-state index is 12.4. The first-order chi connectivity index (χ1) is 11.1. The average molecular weight is 310 g/mol. The van der Waals surface area contributed by atoms with Crippen molar-refractivity contribution in [2.75, 3.05) is 18.1 Å². The first kappa shape index (κ1) is 15.1. The van der Waals surface area contributed by atoms with Gasteiger partial charge in [-0.3, -0.25) is 9.59 Å². The Hall–Kier alpha value is -2.82. The van der Waals surface area contributed by atoms with Gasteiger partial charge >= 0.3 is 0 Å². The molecule has 1 aliphatic heterocycles. The van der Waals surface area contributed by atoms with Gasteiger partial charge in [0, 0.05) is 17.8 Å². The van der Waals surface area contributed by atoms with Crippen molar-refractivity contribution in [3.8, 4) is 5.75 Å². The van der Waals surface area contributed by atoms with Crippen LogP contribution in [0.1, 0.15) is 22.3 Å². The standard InChI is InChI=1S/C18H18N2O3/c19-18(22)14-7-9-15(10-8-14)23-12-17(21)20-11-3-5-13-4-1-2-6-16(13)20/h1-2,4,6-10H,3,5,11-12H2,(H2,19,22). The van der Waals surface area contributed by atoms with Crippen molar-refractivity contribution in [1.82, 2.24) is 0 Å². The molecule has 2 aromatic carbocycles. The van der Waals surface area contributed by atoms with Crippen molar-refractivity contribution >= 4 is 17.5 Å². The molecule has 3 rings (SSSR count). The van der Waals surface area contributed by atoms with Gasteiger partial charge < -0.3 is 15.4 Å². The van der Waals surface area contributed by atoms with Crippen molar-refractivity contribution < 1.29 is 14.3 Å². The Morgan fingerprint density at radius 2 is 1.83 bits per heavy atom. The molecule has 0 aliphatic carbocycles. The molecule has 0 radical (unpaired) electrons. The number of para-hydroxylation sites is 1. The predicted molar refractivity (Wildman–Crippen MR) is 87.6 cm³/mol. The molecule has 0 saturated heterocycles. The van der Waals surface area contributed by atoms with E-state index in [1.807, 2.05) is 18.2 Å². The Labute approximate surface area is 134 Å². The van der Waals surface area contributed by atoms with Gasteiger partial charge in [-0.25, -0.2) is 0 Å². The van der Waals surface area contributed by atoms with E-state index in [0.717, 1.165) is 18.5 Å². The Morgan fingerprint density at radius 1 is 1.09 bits per heavy atom. The van der Waals surface area contributed by atoms with E-state index in [9.17, 15) is 9.59 Å². The van der Waals surface area contributed by atoms with Crippen LogP contribution in [0.5, 0.6) is 5.75 Å². The number of primary amides is 1. The fourth-order valence-electron chi connectivity index (χ4n) is 2.73. The number of fused-ring (bicyclic) bond motifs is 1. The molecule has 0 bridgehead atoms. The van der Waals surface area contributed by atoms with Gasteiger partial charge in [0.25, 0.3) is 5.91 Å². The van der Waals surface area contributed by atoms with Crippen LogP contribution in [0.25, 0.3) is 0 Å². The molecule has 23 heavy (non-hydrogen) atoms. The van der Waals surface area contributed by atoms with Crippen LogP contribution >= 0.6 is 0 Å². The average Bonchev–Trinajstić information content (AvgIpc) is 2.59. The summed E-state index contributed by atoms with van der Waals surface area (Å²) in [4.78, 5) is 25.2. The fraction of sp³-hybridized carbons (Fsp3) is 0.222. The van der Waals surface area contributed by atoms with Gasteiger partial charge in [-0.05, 0) is 48.7 Å². The zero-order valence-electron chi connectivity index (χ0n) is 12.7. The summed E-state index contributed by atoms with van der Waals surface area (Å²) in [6.45, 7) is 0.671. The largest absolute Gasteiger partial charge is 0.484 e. The Morgan fingerprint density at radius 3 is 2.57 bits per heavy atom. The monoisotopic (exact) mass is 310 g/mol. The fourth-order valence-corrected chi connectivity index (χ4v) is 2.73. The molecule has 0 aromatic heterocycles. The second-order valence-corrected chi connectivity index (χ2v) is 5.45. The number of hydrogen-bond donors (Lipinski definition) is 1. The van der Waals surface area contributed by atoms with Gasteiger partial charge in [-0.15, -0.1) is 0 Å². The van der Waals surface area contributed by atoms with Crippen LogP contribution in [-0.4, -0.2) is 25.0 Å². The number of rotatable bonds is 4. The maximum atomic E-state index is 12.4. The molecule has 0 atom stereocenters. The van der Waals surface area contributed by atoms with E-state index < -0.39 is 5.91 Å². The third-order valence-corrected chi connectivity index (χ3v) is 3.91. The first-order valence-electron chi connectivity index (χ1n) is 7.56. The van der Waals surface area contributed by atoms with Gasteiger partial charge in [-0.2, -0.15) is 0 Å². The Kier molecular flexibility index (Phi) is 4.28. The number of aryl methyl sites for hydroxylation is 1. The van der Waals surface area contributed by atoms with Gasteiger partial charge in [0.15, 0.2) is 6.61 Å². The number of carbonyl (C=O) groups excluding carboxylic acids is 2. The van der Waals surface area contributed by atoms with E-state index in [1.165, 1.54) is 5.56 Å². The van der Waals surface area contributed by atoms with Crippen LogP contribution < -0.4 is 15.4 Å². The van der Waals surface area contributed by atoms with Crippen molar-refractivity contribution in [2.45, 2.75) is 12.8 Å². The lowest BCUT2D eigenvalue weighted by Gasteiger charge is -2.29. The lowest BCUT2D eigenvalue weighted by Crippen LogP contribution is -2.38. The number of amides is 2. The van der Waals surface area contributed by atoms with Crippen LogP contribution in [0.4, 0.5) is 5.69 Å². The summed E-state index contributed by atoms with van der Waals surface area (Å²) in [6, 6.07) is 14.4. The first-order valence-corrected chi connectivity index (χ1v) is 7.56. The van der Waals surface area contributed by atoms with Crippen molar-refractivity contribution in [3.63, 3.8) is 0 Å². The lowest BCUT2D eigenvalue weighted by atomic mass is 10.0. The summed E-state index contributed by atoms with van der Waals surface area (Å²) < 4.78 is 5.53. The van der Waals surface area contributed by atoms with E-state index in [4.69, 9.17) is 10.5 Å². The molecule has 0 unspecified atom stereocenters. The summed E-state index contributed by atoms with van der Waals surface area (Å²) in [7, 11) is 0. The van der Waals surface area contributed by atoms with Crippen LogP contribution in [-0.2, 0) is 11.2 Å². The van der Waals surface area contributed by atoms with E-state index in [0.29, 0.717) is 17.9 Å². The SMILES string of the molecule is NC(=O)c1ccc(OCC(=O)N2CCCc3ccccc32)cc1. The molecule has 1 heterocycles. The summed E-state index contributed by atoms with van der Waals surface area (Å²) in [5.41, 5.74) is 7.76. The smallest absolute Gasteiger partial charge is 0.264 e. The number of ether oxygens (including phenoxy) is 1. The summed E-state index contributed by atoms with van der Waals surface area (Å²) >= 11 is 0. The number of hydrogen-bond acceptors (Lipinski definition) is 3. The molecular weight excluding hydrogens is 292 g/mol. The van der Waals surface area contributed by atoms with Gasteiger partial charge in [0.2, 0.25) is 5.91 Å². The molecule has 0 saturated carbocycles. The lowest BCUT2D eigenvalue weighted by molar-refractivity contribution is -0.120. The minimum atomic E-state index is -0.488. The van der Waals surface area contributed by atoms with Crippen molar-refractivity contribution in [3.05, 3.63) is 59.7 Å². The highest BCUT2D eigenvalue weighted by molar-refractivity contribution is 5.95. The number of carbonyl (C=O) groups is 2.